The fourth-order valence-electron chi connectivity index (χ4n) is 3.61. The highest BCUT2D eigenvalue weighted by molar-refractivity contribution is 6.00. The smallest absolute Gasteiger partial charge is 0.308 e. The zero-order chi connectivity index (χ0) is 24.6. The maximum atomic E-state index is 12.0. The summed E-state index contributed by atoms with van der Waals surface area (Å²) >= 11 is 0. The van der Waals surface area contributed by atoms with Crippen molar-refractivity contribution in [3.05, 3.63) is 102 Å². The van der Waals surface area contributed by atoms with Crippen LogP contribution in [0, 0.1) is 13.8 Å². The number of aromatic nitrogens is 2. The summed E-state index contributed by atoms with van der Waals surface area (Å²) in [6.45, 7) is 3.72. The van der Waals surface area contributed by atoms with Gasteiger partial charge >= 0.3 is 6.03 Å². The van der Waals surface area contributed by atoms with E-state index in [1.165, 1.54) is 6.08 Å². The third-order valence-electron chi connectivity index (χ3n) is 5.12. The van der Waals surface area contributed by atoms with Crippen LogP contribution in [-0.4, -0.2) is 22.1 Å². The molecule has 2 amide bonds. The Bertz CT molecular complexity index is 1540. The summed E-state index contributed by atoms with van der Waals surface area (Å²) in [7, 11) is 0. The summed E-state index contributed by atoms with van der Waals surface area (Å²) in [5, 5.41) is 9.87. The van der Waals surface area contributed by atoms with Crippen molar-refractivity contribution in [3.8, 4) is 0 Å². The number of isocyanates is 1. The van der Waals surface area contributed by atoms with E-state index in [0.29, 0.717) is 11.6 Å². The molecule has 0 spiro atoms. The van der Waals surface area contributed by atoms with Gasteiger partial charge in [0, 0.05) is 17.1 Å². The third kappa shape index (κ3) is 6.35. The molecule has 1 heterocycles. The molecule has 7 heteroatoms. The summed E-state index contributed by atoms with van der Waals surface area (Å²) < 4.78 is 0. The number of carbonyl (C=O) groups excluding carboxylic acids is 2. The van der Waals surface area contributed by atoms with Crippen molar-refractivity contribution in [2.45, 2.75) is 13.8 Å². The SMILES string of the molecule is Cc1cc(C)nc(NC(=O)Nc2ccc3ccccc3c2)n1.O=C=Nc1ccc2ccccc2c1. The van der Waals surface area contributed by atoms with Crippen LogP contribution in [0.4, 0.5) is 22.1 Å². The molecule has 1 aromatic heterocycles. The van der Waals surface area contributed by atoms with Crippen LogP contribution in [0.3, 0.4) is 0 Å². The molecule has 35 heavy (non-hydrogen) atoms. The molecule has 0 bridgehead atoms. The number of hydrogen-bond acceptors (Lipinski definition) is 5. The first kappa shape index (κ1) is 23.3. The molecular weight excluding hydrogens is 438 g/mol. The quantitative estimate of drug-likeness (QED) is 0.231. The number of fused-ring (bicyclic) bond motifs is 2. The van der Waals surface area contributed by atoms with Crippen LogP contribution in [0.1, 0.15) is 11.4 Å². The van der Waals surface area contributed by atoms with Gasteiger partial charge in [0.2, 0.25) is 12.0 Å². The van der Waals surface area contributed by atoms with Crippen molar-refractivity contribution in [1.82, 2.24) is 9.97 Å². The van der Waals surface area contributed by atoms with Crippen molar-refractivity contribution in [2.24, 2.45) is 4.99 Å². The Kier molecular flexibility index (Phi) is 7.21. The van der Waals surface area contributed by atoms with Gasteiger partial charge in [0.05, 0.1) is 5.69 Å². The molecule has 0 aliphatic heterocycles. The molecule has 0 saturated carbocycles. The number of aryl methyl sites for hydroxylation is 2. The molecule has 0 atom stereocenters. The van der Waals surface area contributed by atoms with Gasteiger partial charge in [0.15, 0.2) is 0 Å². The predicted molar refractivity (Wildman–Crippen MR) is 140 cm³/mol. The minimum absolute atomic E-state index is 0.302. The number of rotatable bonds is 3. The van der Waals surface area contributed by atoms with Crippen molar-refractivity contribution in [1.29, 1.82) is 0 Å². The number of hydrogen-bond donors (Lipinski definition) is 2. The van der Waals surface area contributed by atoms with Gasteiger partial charge in [-0.2, -0.15) is 4.99 Å². The number of nitrogens with one attached hydrogen (secondary N) is 2. The maximum absolute atomic E-state index is 12.0. The molecule has 0 fully saturated rings. The van der Waals surface area contributed by atoms with E-state index in [0.717, 1.165) is 38.6 Å². The highest BCUT2D eigenvalue weighted by Gasteiger charge is 2.06. The first-order chi connectivity index (χ1) is 17.0. The van der Waals surface area contributed by atoms with Gasteiger partial charge in [-0.1, -0.05) is 60.7 Å². The number of anilines is 2. The second-order valence-electron chi connectivity index (χ2n) is 7.85. The second kappa shape index (κ2) is 10.8. The molecular formula is C28H23N5O2. The van der Waals surface area contributed by atoms with Gasteiger partial charge in [0.25, 0.3) is 0 Å². The van der Waals surface area contributed by atoms with Crippen LogP contribution in [0.2, 0.25) is 0 Å². The van der Waals surface area contributed by atoms with Gasteiger partial charge in [-0.05, 0) is 65.7 Å². The number of benzene rings is 4. The molecule has 0 saturated heterocycles. The summed E-state index contributed by atoms with van der Waals surface area (Å²) in [6.07, 6.45) is 1.52. The normalized spacial score (nSPS) is 10.1. The molecule has 0 aliphatic carbocycles. The van der Waals surface area contributed by atoms with Crippen molar-refractivity contribution in [2.75, 3.05) is 10.6 Å². The standard InChI is InChI=1S/C17H16N4O.C11H7NO/c1-11-9-12(2)19-16(18-11)21-17(22)20-15-8-7-13-5-3-4-6-14(13)10-15;13-8-12-11-6-5-9-3-1-2-4-10(9)7-11/h3-10H,1-2H3,(H2,18,19,20,21,22);1-7H. The van der Waals surface area contributed by atoms with Crippen LogP contribution >= 0.6 is 0 Å². The van der Waals surface area contributed by atoms with E-state index in [1.807, 2.05) is 98.8 Å². The van der Waals surface area contributed by atoms with Gasteiger partial charge in [-0.3, -0.25) is 5.32 Å². The van der Waals surface area contributed by atoms with Gasteiger partial charge in [-0.25, -0.2) is 19.6 Å². The minimum atomic E-state index is -0.361. The highest BCUT2D eigenvalue weighted by Crippen LogP contribution is 2.20. The van der Waals surface area contributed by atoms with Crippen molar-refractivity contribution in [3.63, 3.8) is 0 Å². The van der Waals surface area contributed by atoms with Crippen LogP contribution in [-0.2, 0) is 4.79 Å². The molecule has 172 valence electrons. The summed E-state index contributed by atoms with van der Waals surface area (Å²) in [4.78, 5) is 34.0. The first-order valence-corrected chi connectivity index (χ1v) is 11.0. The lowest BCUT2D eigenvalue weighted by Gasteiger charge is -2.08. The lowest BCUT2D eigenvalue weighted by Crippen LogP contribution is -2.21. The molecule has 4 aromatic carbocycles. The van der Waals surface area contributed by atoms with E-state index in [4.69, 9.17) is 0 Å². The van der Waals surface area contributed by atoms with E-state index in [2.05, 4.69) is 25.6 Å². The fourth-order valence-corrected chi connectivity index (χ4v) is 3.61. The number of amides is 2. The predicted octanol–water partition coefficient (Wildman–Crippen LogP) is 6.70. The maximum Gasteiger partial charge on any atom is 0.326 e. The van der Waals surface area contributed by atoms with E-state index in [1.54, 1.807) is 6.07 Å². The Hall–Kier alpha value is -4.87. The third-order valence-corrected chi connectivity index (χ3v) is 5.12. The Balaban J connectivity index is 0.000000189. The van der Waals surface area contributed by atoms with Crippen molar-refractivity contribution >= 4 is 51.0 Å². The van der Waals surface area contributed by atoms with Crippen molar-refractivity contribution < 1.29 is 9.59 Å². The fraction of sp³-hybridized carbons (Fsp3) is 0.0714. The number of aliphatic imine (C=N–C) groups is 1. The minimum Gasteiger partial charge on any atom is -0.308 e. The number of nitrogens with zero attached hydrogens (tertiary/aromatic N) is 3. The highest BCUT2D eigenvalue weighted by atomic mass is 16.2. The van der Waals surface area contributed by atoms with E-state index < -0.39 is 0 Å². The molecule has 0 radical (unpaired) electrons. The molecule has 0 unspecified atom stereocenters. The molecule has 0 aliphatic rings. The summed E-state index contributed by atoms with van der Waals surface area (Å²) in [5.74, 6) is 0.302. The van der Waals surface area contributed by atoms with Crippen LogP contribution in [0.15, 0.2) is 96.0 Å². The zero-order valence-electron chi connectivity index (χ0n) is 19.3. The number of carbonyl (C=O) groups is 1. The average molecular weight is 462 g/mol. The number of urea groups is 1. The lowest BCUT2D eigenvalue weighted by molar-refractivity contribution is 0.262. The van der Waals surface area contributed by atoms with E-state index in [-0.39, 0.29) is 6.03 Å². The molecule has 7 nitrogen and oxygen atoms in total. The van der Waals surface area contributed by atoms with Gasteiger partial charge in [-0.15, -0.1) is 0 Å². The average Bonchev–Trinajstić information content (AvgIpc) is 2.84. The lowest BCUT2D eigenvalue weighted by atomic mass is 10.1. The van der Waals surface area contributed by atoms with Crippen LogP contribution in [0.25, 0.3) is 21.5 Å². The Morgan fingerprint density at radius 2 is 1.29 bits per heavy atom. The van der Waals surface area contributed by atoms with E-state index in [9.17, 15) is 9.59 Å². The Labute approximate surface area is 202 Å². The molecule has 5 aromatic rings. The summed E-state index contributed by atoms with van der Waals surface area (Å²) in [5.41, 5.74) is 3.00. The topological polar surface area (TPSA) is 96.3 Å². The largest absolute Gasteiger partial charge is 0.326 e. The zero-order valence-corrected chi connectivity index (χ0v) is 19.3. The Morgan fingerprint density at radius 3 is 1.91 bits per heavy atom. The molecule has 2 N–H and O–H groups in total. The van der Waals surface area contributed by atoms with Crippen LogP contribution in [0.5, 0.6) is 0 Å². The van der Waals surface area contributed by atoms with Gasteiger partial charge in [0.1, 0.15) is 0 Å². The summed E-state index contributed by atoms with van der Waals surface area (Å²) in [6, 6.07) is 28.8. The van der Waals surface area contributed by atoms with Crippen LogP contribution < -0.4 is 10.6 Å². The second-order valence-corrected chi connectivity index (χ2v) is 7.85. The monoisotopic (exact) mass is 461 g/mol. The van der Waals surface area contributed by atoms with Gasteiger partial charge < -0.3 is 5.32 Å². The van der Waals surface area contributed by atoms with E-state index >= 15 is 0 Å². The first-order valence-electron chi connectivity index (χ1n) is 11.0. The molecule has 5 rings (SSSR count). The Morgan fingerprint density at radius 1 is 0.714 bits per heavy atom.